The topological polar surface area (TPSA) is 21.7 Å². The van der Waals surface area contributed by atoms with Gasteiger partial charge in [0.1, 0.15) is 6.73 Å². The average molecular weight is 117 g/mol. The molecule has 0 aromatic rings. The summed E-state index contributed by atoms with van der Waals surface area (Å²) in [5, 5.41) is 1.69. The lowest BCUT2D eigenvalue weighted by molar-refractivity contribution is -0.273. The van der Waals surface area contributed by atoms with Gasteiger partial charge in [0.05, 0.1) is 12.7 Å². The van der Waals surface area contributed by atoms with Crippen LogP contribution in [0.2, 0.25) is 0 Å². The largest absolute Gasteiger partial charge is 0.361 e. The van der Waals surface area contributed by atoms with Crippen molar-refractivity contribution in [3.63, 3.8) is 0 Å². The predicted molar refractivity (Wildman–Crippen MR) is 29.1 cm³/mol. The molecule has 0 spiro atoms. The van der Waals surface area contributed by atoms with Crippen LogP contribution in [0, 0.1) is 0 Å². The summed E-state index contributed by atoms with van der Waals surface area (Å²) in [6, 6.07) is 0. The molecule has 48 valence electrons. The summed E-state index contributed by atoms with van der Waals surface area (Å²) >= 11 is 0. The van der Waals surface area contributed by atoms with Gasteiger partial charge in [0.25, 0.3) is 0 Å². The molecule has 0 aliphatic carbocycles. The quantitative estimate of drug-likeness (QED) is 0.453. The molecule has 0 aromatic carbocycles. The summed E-state index contributed by atoms with van der Waals surface area (Å²) in [5.74, 6) is 0. The Kier molecular flexibility index (Phi) is 1.83. The van der Waals surface area contributed by atoms with E-state index in [1.807, 2.05) is 14.0 Å². The molecule has 1 atom stereocenters. The minimum absolute atomic E-state index is 0.216. The maximum atomic E-state index is 5.19. The molecule has 0 aromatic heterocycles. The summed E-state index contributed by atoms with van der Waals surface area (Å²) in [6.45, 7) is 3.28. The van der Waals surface area contributed by atoms with E-state index in [4.69, 9.17) is 9.57 Å². The van der Waals surface area contributed by atoms with Crippen LogP contribution in [0.3, 0.4) is 0 Å². The molecular formula is C5H11NO2. The van der Waals surface area contributed by atoms with E-state index in [9.17, 15) is 0 Å². The van der Waals surface area contributed by atoms with Crippen molar-refractivity contribution in [1.29, 1.82) is 0 Å². The van der Waals surface area contributed by atoms with Gasteiger partial charge < -0.3 is 4.74 Å². The van der Waals surface area contributed by atoms with Gasteiger partial charge in [-0.05, 0) is 6.92 Å². The van der Waals surface area contributed by atoms with Crippen LogP contribution in [-0.4, -0.2) is 31.6 Å². The lowest BCUT2D eigenvalue weighted by Crippen LogP contribution is -2.36. The van der Waals surface area contributed by atoms with Gasteiger partial charge in [-0.1, -0.05) is 0 Å². The number of hydrogen-bond donors (Lipinski definition) is 0. The van der Waals surface area contributed by atoms with E-state index in [1.165, 1.54) is 0 Å². The summed E-state index contributed by atoms with van der Waals surface area (Å²) in [5.41, 5.74) is 0. The van der Waals surface area contributed by atoms with Gasteiger partial charge in [-0.25, -0.2) is 0 Å². The molecule has 0 N–H and O–H groups in total. The summed E-state index contributed by atoms with van der Waals surface area (Å²) in [7, 11) is 1.86. The maximum absolute atomic E-state index is 5.19. The minimum atomic E-state index is 0.216. The van der Waals surface area contributed by atoms with E-state index in [2.05, 4.69) is 0 Å². The smallest absolute Gasteiger partial charge is 0.122 e. The van der Waals surface area contributed by atoms with E-state index in [0.717, 1.165) is 0 Å². The molecule has 1 aliphatic heterocycles. The number of nitrogens with zero attached hydrogens (tertiary/aromatic N) is 1. The molecule has 8 heavy (non-hydrogen) atoms. The lowest BCUT2D eigenvalue weighted by atomic mass is 10.4. The molecule has 1 saturated heterocycles. The molecule has 1 heterocycles. The Morgan fingerprint density at radius 1 is 1.62 bits per heavy atom. The summed E-state index contributed by atoms with van der Waals surface area (Å²) < 4.78 is 5.09. The van der Waals surface area contributed by atoms with E-state index in [-0.39, 0.29) is 6.10 Å². The number of hydroxylamine groups is 2. The summed E-state index contributed by atoms with van der Waals surface area (Å²) in [6.07, 6.45) is 0.216. The Morgan fingerprint density at radius 3 is 2.75 bits per heavy atom. The standard InChI is InChI=1S/C5H11NO2/c1-5-3-7-4-6(2)8-5/h5H,3-4H2,1-2H3. The Bertz CT molecular complexity index is 68.8. The molecule has 3 nitrogen and oxygen atoms in total. The molecule has 1 fully saturated rings. The predicted octanol–water partition coefficient (Wildman–Crippen LogP) is 0.226. The minimum Gasteiger partial charge on any atom is -0.361 e. The van der Waals surface area contributed by atoms with Crippen LogP contribution in [0.1, 0.15) is 6.92 Å². The number of ether oxygens (including phenoxy) is 1. The molecule has 0 amide bonds. The highest BCUT2D eigenvalue weighted by Crippen LogP contribution is 2.01. The highest BCUT2D eigenvalue weighted by molar-refractivity contribution is 4.47. The number of hydrogen-bond acceptors (Lipinski definition) is 3. The molecule has 0 saturated carbocycles. The van der Waals surface area contributed by atoms with Gasteiger partial charge in [0, 0.05) is 7.05 Å². The van der Waals surface area contributed by atoms with Gasteiger partial charge in [0.15, 0.2) is 0 Å². The first-order chi connectivity index (χ1) is 3.79. The molecule has 1 unspecified atom stereocenters. The van der Waals surface area contributed by atoms with Crippen LogP contribution in [0.15, 0.2) is 0 Å². The number of rotatable bonds is 0. The third-order valence-corrected chi connectivity index (χ3v) is 0.986. The molecular weight excluding hydrogens is 106 g/mol. The second-order valence-corrected chi connectivity index (χ2v) is 2.04. The normalized spacial score (nSPS) is 33.0. The second kappa shape index (κ2) is 2.44. The third-order valence-electron chi connectivity index (χ3n) is 0.986. The SMILES string of the molecule is CC1COCN(C)O1. The molecule has 0 radical (unpaired) electrons. The molecule has 0 bridgehead atoms. The zero-order valence-electron chi connectivity index (χ0n) is 5.26. The van der Waals surface area contributed by atoms with Gasteiger partial charge in [-0.3, -0.25) is 4.84 Å². The van der Waals surface area contributed by atoms with Crippen molar-refractivity contribution in [3.8, 4) is 0 Å². The van der Waals surface area contributed by atoms with Crippen LogP contribution in [0.4, 0.5) is 0 Å². The highest BCUT2D eigenvalue weighted by Gasteiger charge is 2.12. The van der Waals surface area contributed by atoms with Crippen LogP contribution in [-0.2, 0) is 9.57 Å². The second-order valence-electron chi connectivity index (χ2n) is 2.04. The molecule has 1 rings (SSSR count). The van der Waals surface area contributed by atoms with Crippen molar-refractivity contribution in [2.24, 2.45) is 0 Å². The first kappa shape index (κ1) is 6.01. The van der Waals surface area contributed by atoms with E-state index in [0.29, 0.717) is 13.3 Å². The van der Waals surface area contributed by atoms with Crippen LogP contribution in [0.25, 0.3) is 0 Å². The van der Waals surface area contributed by atoms with Crippen molar-refractivity contribution in [2.75, 3.05) is 20.4 Å². The highest BCUT2D eigenvalue weighted by atomic mass is 16.7. The van der Waals surface area contributed by atoms with Gasteiger partial charge in [-0.15, -0.1) is 0 Å². The van der Waals surface area contributed by atoms with Crippen LogP contribution in [0.5, 0.6) is 0 Å². The Hall–Kier alpha value is -0.120. The maximum Gasteiger partial charge on any atom is 0.122 e. The Morgan fingerprint density at radius 2 is 2.38 bits per heavy atom. The fourth-order valence-electron chi connectivity index (χ4n) is 0.715. The fourth-order valence-corrected chi connectivity index (χ4v) is 0.715. The molecule has 3 heteroatoms. The fraction of sp³-hybridized carbons (Fsp3) is 1.00. The van der Waals surface area contributed by atoms with Crippen molar-refractivity contribution in [3.05, 3.63) is 0 Å². The van der Waals surface area contributed by atoms with Crippen molar-refractivity contribution in [2.45, 2.75) is 13.0 Å². The van der Waals surface area contributed by atoms with Crippen molar-refractivity contribution in [1.82, 2.24) is 5.06 Å². The van der Waals surface area contributed by atoms with Crippen molar-refractivity contribution < 1.29 is 9.57 Å². The van der Waals surface area contributed by atoms with E-state index < -0.39 is 0 Å². The van der Waals surface area contributed by atoms with Gasteiger partial charge >= 0.3 is 0 Å². The third kappa shape index (κ3) is 1.43. The van der Waals surface area contributed by atoms with E-state index >= 15 is 0 Å². The zero-order chi connectivity index (χ0) is 5.98. The first-order valence-electron chi connectivity index (χ1n) is 2.74. The summed E-state index contributed by atoms with van der Waals surface area (Å²) in [4.78, 5) is 5.19. The van der Waals surface area contributed by atoms with Gasteiger partial charge in [-0.2, -0.15) is 5.06 Å². The van der Waals surface area contributed by atoms with Crippen LogP contribution < -0.4 is 0 Å². The average Bonchev–Trinajstić information content (AvgIpc) is 1.64. The lowest BCUT2D eigenvalue weighted by Gasteiger charge is -2.26. The van der Waals surface area contributed by atoms with E-state index in [1.54, 1.807) is 5.06 Å². The van der Waals surface area contributed by atoms with Gasteiger partial charge in [0.2, 0.25) is 0 Å². The zero-order valence-corrected chi connectivity index (χ0v) is 5.26. The monoisotopic (exact) mass is 117 g/mol. The Balaban J connectivity index is 2.23. The van der Waals surface area contributed by atoms with Crippen molar-refractivity contribution >= 4 is 0 Å². The Labute approximate surface area is 49.1 Å². The molecule has 1 aliphatic rings. The first-order valence-corrected chi connectivity index (χ1v) is 2.74. The van der Waals surface area contributed by atoms with Crippen LogP contribution >= 0.6 is 0 Å².